The average Bonchev–Trinajstić information content (AvgIpc) is 2.66. The Bertz CT molecular complexity index is 818. The van der Waals surface area contributed by atoms with Crippen molar-refractivity contribution in [2.75, 3.05) is 31.1 Å². The number of primary amides is 1. The lowest BCUT2D eigenvalue weighted by atomic mass is 10.1. The van der Waals surface area contributed by atoms with Gasteiger partial charge in [0.05, 0.1) is 5.56 Å². The van der Waals surface area contributed by atoms with Crippen molar-refractivity contribution in [1.29, 1.82) is 0 Å². The van der Waals surface area contributed by atoms with Crippen molar-refractivity contribution < 1.29 is 18.7 Å². The third-order valence-corrected chi connectivity index (χ3v) is 4.79. The van der Waals surface area contributed by atoms with Gasteiger partial charge in [0.15, 0.2) is 11.6 Å². The van der Waals surface area contributed by atoms with Gasteiger partial charge in [0, 0.05) is 45.0 Å². The molecule has 1 atom stereocenters. The minimum atomic E-state index is -0.871. The number of anilines is 1. The third kappa shape index (κ3) is 4.40. The fraction of sp³-hybridized carbons (Fsp3) is 0.368. The lowest BCUT2D eigenvalue weighted by Gasteiger charge is -2.42. The molecule has 1 aromatic carbocycles. The van der Waals surface area contributed by atoms with E-state index in [1.165, 1.54) is 6.07 Å². The van der Waals surface area contributed by atoms with E-state index < -0.39 is 17.5 Å². The highest BCUT2D eigenvalue weighted by molar-refractivity contribution is 5.97. The number of piperazine rings is 1. The molecule has 1 fully saturated rings. The molecule has 0 saturated carbocycles. The summed E-state index contributed by atoms with van der Waals surface area (Å²) in [5.41, 5.74) is 6.47. The highest BCUT2D eigenvalue weighted by Gasteiger charge is 2.29. The number of aliphatic hydroxyl groups excluding tert-OH is 1. The van der Waals surface area contributed by atoms with Crippen LogP contribution in [0, 0.1) is 11.6 Å². The van der Waals surface area contributed by atoms with Crippen LogP contribution in [0.25, 0.3) is 0 Å². The molecule has 2 aromatic rings. The molecule has 1 aliphatic rings. The van der Waals surface area contributed by atoms with Gasteiger partial charge in [0.2, 0.25) is 0 Å². The second-order valence-corrected chi connectivity index (χ2v) is 6.57. The minimum absolute atomic E-state index is 0.00230. The Labute approximate surface area is 156 Å². The Hall–Kier alpha value is -2.58. The summed E-state index contributed by atoms with van der Waals surface area (Å²) in [5.74, 6) is -1.75. The van der Waals surface area contributed by atoms with Gasteiger partial charge >= 0.3 is 0 Å². The number of carbonyl (C=O) groups excluding carboxylic acids is 1. The monoisotopic (exact) mass is 376 g/mol. The third-order valence-electron chi connectivity index (χ3n) is 4.79. The molecule has 6 nitrogen and oxygen atoms in total. The number of aromatic nitrogens is 1. The SMILES string of the molecule is NC(=O)c1cccnc1N1CCN(Cc2ccc(F)c(F)c2)[C@H](CCO)C1. The van der Waals surface area contributed by atoms with E-state index in [4.69, 9.17) is 5.73 Å². The van der Waals surface area contributed by atoms with Crippen LogP contribution in [-0.2, 0) is 6.54 Å². The number of carbonyl (C=O) groups is 1. The molecule has 2 heterocycles. The van der Waals surface area contributed by atoms with E-state index in [9.17, 15) is 18.7 Å². The van der Waals surface area contributed by atoms with Crippen molar-refractivity contribution in [3.63, 3.8) is 0 Å². The molecule has 1 aromatic heterocycles. The lowest BCUT2D eigenvalue weighted by Crippen LogP contribution is -2.53. The van der Waals surface area contributed by atoms with Gasteiger partial charge in [-0.3, -0.25) is 9.69 Å². The van der Waals surface area contributed by atoms with E-state index in [2.05, 4.69) is 9.88 Å². The van der Waals surface area contributed by atoms with Crippen LogP contribution in [0.15, 0.2) is 36.5 Å². The van der Waals surface area contributed by atoms with Gasteiger partial charge in [0.1, 0.15) is 5.82 Å². The van der Waals surface area contributed by atoms with Crippen LogP contribution in [0.1, 0.15) is 22.3 Å². The quantitative estimate of drug-likeness (QED) is 0.799. The van der Waals surface area contributed by atoms with E-state index in [0.29, 0.717) is 49.5 Å². The number of aliphatic hydroxyl groups is 1. The summed E-state index contributed by atoms with van der Waals surface area (Å²) < 4.78 is 26.6. The van der Waals surface area contributed by atoms with Crippen LogP contribution >= 0.6 is 0 Å². The lowest BCUT2D eigenvalue weighted by molar-refractivity contribution is 0.0999. The molecule has 0 bridgehead atoms. The second-order valence-electron chi connectivity index (χ2n) is 6.57. The number of amides is 1. The Morgan fingerprint density at radius 2 is 2.07 bits per heavy atom. The normalized spacial score (nSPS) is 17.9. The molecule has 0 radical (unpaired) electrons. The Balaban J connectivity index is 1.77. The standard InChI is InChI=1S/C19H22F2N4O2/c20-16-4-3-13(10-17(16)21)11-24-7-8-25(12-14(24)5-9-26)19-15(18(22)27)2-1-6-23-19/h1-4,6,10,14,26H,5,7-9,11-12H2,(H2,22,27)/t14-/m1/s1. The molecular formula is C19H22F2N4O2. The predicted octanol–water partition coefficient (Wildman–Crippen LogP) is 1.53. The van der Waals surface area contributed by atoms with Gasteiger partial charge < -0.3 is 15.7 Å². The van der Waals surface area contributed by atoms with E-state index in [-0.39, 0.29) is 12.6 Å². The van der Waals surface area contributed by atoms with Gasteiger partial charge in [0.25, 0.3) is 5.91 Å². The van der Waals surface area contributed by atoms with Gasteiger partial charge in [-0.15, -0.1) is 0 Å². The highest BCUT2D eigenvalue weighted by Crippen LogP contribution is 2.23. The maximum atomic E-state index is 13.5. The number of pyridine rings is 1. The average molecular weight is 376 g/mol. The van der Waals surface area contributed by atoms with Crippen LogP contribution < -0.4 is 10.6 Å². The first-order valence-corrected chi connectivity index (χ1v) is 8.78. The Kier molecular flexibility index (Phi) is 5.98. The molecule has 1 amide bonds. The van der Waals surface area contributed by atoms with E-state index in [0.717, 1.165) is 6.07 Å². The molecule has 0 spiro atoms. The molecule has 27 heavy (non-hydrogen) atoms. The first kappa shape index (κ1) is 19.2. The molecule has 0 aliphatic carbocycles. The number of halogens is 2. The number of hydrogen-bond acceptors (Lipinski definition) is 5. The van der Waals surface area contributed by atoms with Crippen molar-refractivity contribution in [2.24, 2.45) is 5.73 Å². The van der Waals surface area contributed by atoms with Crippen molar-refractivity contribution in [2.45, 2.75) is 19.0 Å². The summed E-state index contributed by atoms with van der Waals surface area (Å²) in [6, 6.07) is 7.15. The zero-order valence-electron chi connectivity index (χ0n) is 14.8. The summed E-state index contributed by atoms with van der Waals surface area (Å²) >= 11 is 0. The van der Waals surface area contributed by atoms with Crippen molar-refractivity contribution in [1.82, 2.24) is 9.88 Å². The molecule has 3 N–H and O–H groups in total. The van der Waals surface area contributed by atoms with Gasteiger partial charge in [-0.2, -0.15) is 0 Å². The zero-order chi connectivity index (χ0) is 19.4. The molecule has 0 unspecified atom stereocenters. The molecule has 144 valence electrons. The maximum absolute atomic E-state index is 13.5. The Morgan fingerprint density at radius 3 is 2.78 bits per heavy atom. The summed E-state index contributed by atoms with van der Waals surface area (Å²) in [5, 5.41) is 9.44. The second kappa shape index (κ2) is 8.41. The number of nitrogens with two attached hydrogens (primary N) is 1. The Morgan fingerprint density at radius 1 is 1.26 bits per heavy atom. The number of benzene rings is 1. The summed E-state index contributed by atoms with van der Waals surface area (Å²) in [7, 11) is 0. The van der Waals surface area contributed by atoms with Gasteiger partial charge in [-0.25, -0.2) is 13.8 Å². The van der Waals surface area contributed by atoms with Crippen LogP contribution in [0.4, 0.5) is 14.6 Å². The number of hydrogen-bond donors (Lipinski definition) is 2. The van der Waals surface area contributed by atoms with Crippen LogP contribution in [-0.4, -0.2) is 53.2 Å². The topological polar surface area (TPSA) is 82.7 Å². The predicted molar refractivity (Wildman–Crippen MR) is 97.2 cm³/mol. The van der Waals surface area contributed by atoms with Crippen LogP contribution in [0.2, 0.25) is 0 Å². The van der Waals surface area contributed by atoms with E-state index >= 15 is 0 Å². The van der Waals surface area contributed by atoms with Crippen LogP contribution in [0.5, 0.6) is 0 Å². The van der Waals surface area contributed by atoms with Crippen molar-refractivity contribution in [3.8, 4) is 0 Å². The van der Waals surface area contributed by atoms with Gasteiger partial charge in [-0.05, 0) is 36.2 Å². The van der Waals surface area contributed by atoms with E-state index in [1.807, 2.05) is 4.90 Å². The summed E-state index contributed by atoms with van der Waals surface area (Å²) in [4.78, 5) is 20.1. The molecule has 1 saturated heterocycles. The van der Waals surface area contributed by atoms with Gasteiger partial charge in [-0.1, -0.05) is 6.07 Å². The van der Waals surface area contributed by atoms with Crippen LogP contribution in [0.3, 0.4) is 0 Å². The fourth-order valence-corrected chi connectivity index (χ4v) is 3.43. The first-order chi connectivity index (χ1) is 13.0. The zero-order valence-corrected chi connectivity index (χ0v) is 14.8. The largest absolute Gasteiger partial charge is 0.396 e. The first-order valence-electron chi connectivity index (χ1n) is 8.78. The maximum Gasteiger partial charge on any atom is 0.252 e. The molecule has 8 heteroatoms. The summed E-state index contributed by atoms with van der Waals surface area (Å²) in [6.45, 7) is 2.21. The highest BCUT2D eigenvalue weighted by atomic mass is 19.2. The number of nitrogens with zero attached hydrogens (tertiary/aromatic N) is 3. The van der Waals surface area contributed by atoms with Crippen molar-refractivity contribution in [3.05, 3.63) is 59.3 Å². The smallest absolute Gasteiger partial charge is 0.252 e. The molecule has 1 aliphatic heterocycles. The van der Waals surface area contributed by atoms with E-state index in [1.54, 1.807) is 24.4 Å². The molecular weight excluding hydrogens is 354 g/mol. The van der Waals surface area contributed by atoms with Crippen molar-refractivity contribution >= 4 is 11.7 Å². The minimum Gasteiger partial charge on any atom is -0.396 e. The fourth-order valence-electron chi connectivity index (χ4n) is 3.43. The molecule has 3 rings (SSSR count). The summed E-state index contributed by atoms with van der Waals surface area (Å²) in [6.07, 6.45) is 2.12. The number of rotatable bonds is 6.